The Morgan fingerprint density at radius 2 is 2.18 bits per heavy atom. The Labute approximate surface area is 102 Å². The molecule has 0 aliphatic heterocycles. The van der Waals surface area contributed by atoms with Crippen LogP contribution in [0.4, 0.5) is 16.1 Å². The van der Waals surface area contributed by atoms with Gasteiger partial charge in [-0.2, -0.15) is 0 Å². The summed E-state index contributed by atoms with van der Waals surface area (Å²) in [4.78, 5) is 0. The molecule has 1 heterocycles. The fourth-order valence-corrected chi connectivity index (χ4v) is 1.50. The monoisotopic (exact) mass is 256 g/mol. The number of nitrogens with zero attached hydrogens (tertiary/aromatic N) is 2. The van der Waals surface area contributed by atoms with Gasteiger partial charge >= 0.3 is 6.01 Å². The van der Waals surface area contributed by atoms with Gasteiger partial charge in [-0.3, -0.25) is 0 Å². The van der Waals surface area contributed by atoms with Gasteiger partial charge in [-0.1, -0.05) is 16.7 Å². The van der Waals surface area contributed by atoms with Gasteiger partial charge in [-0.15, -0.1) is 5.10 Å². The second-order valence-electron chi connectivity index (χ2n) is 3.32. The first kappa shape index (κ1) is 11.8. The van der Waals surface area contributed by atoms with Gasteiger partial charge in [0.25, 0.3) is 0 Å². The summed E-state index contributed by atoms with van der Waals surface area (Å²) < 4.78 is 18.3. The second kappa shape index (κ2) is 5.11. The Morgan fingerprint density at radius 3 is 2.88 bits per heavy atom. The van der Waals surface area contributed by atoms with Gasteiger partial charge in [0.1, 0.15) is 5.82 Å². The van der Waals surface area contributed by atoms with E-state index in [1.165, 1.54) is 12.1 Å². The molecule has 0 bridgehead atoms. The molecule has 0 fully saturated rings. The van der Waals surface area contributed by atoms with E-state index in [2.05, 4.69) is 15.5 Å². The van der Waals surface area contributed by atoms with Crippen molar-refractivity contribution in [3.05, 3.63) is 34.9 Å². The van der Waals surface area contributed by atoms with Crippen molar-refractivity contribution >= 4 is 23.3 Å². The summed E-state index contributed by atoms with van der Waals surface area (Å²) in [5.41, 5.74) is 5.79. The van der Waals surface area contributed by atoms with E-state index in [-0.39, 0.29) is 11.0 Å². The van der Waals surface area contributed by atoms with Crippen molar-refractivity contribution in [1.29, 1.82) is 0 Å². The molecule has 0 radical (unpaired) electrons. The molecule has 5 nitrogen and oxygen atoms in total. The Hall–Kier alpha value is -1.66. The van der Waals surface area contributed by atoms with Gasteiger partial charge < -0.3 is 15.5 Å². The van der Waals surface area contributed by atoms with Crippen LogP contribution in [0.25, 0.3) is 0 Å². The van der Waals surface area contributed by atoms with E-state index in [4.69, 9.17) is 21.8 Å². The molecule has 2 rings (SSSR count). The second-order valence-corrected chi connectivity index (χ2v) is 3.76. The zero-order valence-corrected chi connectivity index (χ0v) is 9.54. The highest BCUT2D eigenvalue weighted by atomic mass is 35.5. The first-order valence-electron chi connectivity index (χ1n) is 4.93. The molecule has 0 saturated carbocycles. The molecule has 0 aliphatic rings. The lowest BCUT2D eigenvalue weighted by atomic mass is 10.3. The van der Waals surface area contributed by atoms with Gasteiger partial charge in [0.2, 0.25) is 5.89 Å². The Balaban J connectivity index is 2.13. The third-order valence-electron chi connectivity index (χ3n) is 1.94. The quantitative estimate of drug-likeness (QED) is 0.876. The number of hydrogen-bond acceptors (Lipinski definition) is 5. The predicted octanol–water partition coefficient (Wildman–Crippen LogP) is 2.11. The van der Waals surface area contributed by atoms with Crippen LogP contribution in [0.3, 0.4) is 0 Å². The SMILES string of the molecule is NCCc1nnc(Nc2cc(F)cc(Cl)c2)o1. The zero-order valence-electron chi connectivity index (χ0n) is 8.78. The first-order chi connectivity index (χ1) is 8.17. The number of anilines is 2. The Kier molecular flexibility index (Phi) is 3.55. The largest absolute Gasteiger partial charge is 0.408 e. The summed E-state index contributed by atoms with van der Waals surface area (Å²) in [5, 5.41) is 10.5. The average molecular weight is 257 g/mol. The molecular formula is C10H10ClFN4O. The molecule has 0 unspecified atom stereocenters. The molecule has 0 atom stereocenters. The molecule has 0 aliphatic carbocycles. The van der Waals surface area contributed by atoms with Gasteiger partial charge in [0.05, 0.1) is 0 Å². The summed E-state index contributed by atoms with van der Waals surface area (Å²) >= 11 is 5.71. The number of nitrogens with two attached hydrogens (primary N) is 1. The van der Waals surface area contributed by atoms with Crippen molar-refractivity contribution in [2.75, 3.05) is 11.9 Å². The summed E-state index contributed by atoms with van der Waals surface area (Å²) in [5.74, 6) is -0.0146. The Morgan fingerprint density at radius 1 is 1.35 bits per heavy atom. The lowest BCUT2D eigenvalue weighted by Crippen LogP contribution is -2.02. The normalized spacial score (nSPS) is 10.5. The maximum absolute atomic E-state index is 13.0. The van der Waals surface area contributed by atoms with Gasteiger partial charge in [0, 0.05) is 23.7 Å². The maximum Gasteiger partial charge on any atom is 0.320 e. The Bertz CT molecular complexity index is 497. The highest BCUT2D eigenvalue weighted by Gasteiger charge is 2.06. The van der Waals surface area contributed by atoms with E-state index in [1.807, 2.05) is 0 Å². The number of aromatic nitrogens is 2. The number of benzene rings is 1. The highest BCUT2D eigenvalue weighted by Crippen LogP contribution is 2.21. The van der Waals surface area contributed by atoms with E-state index in [1.54, 1.807) is 6.07 Å². The molecule has 90 valence electrons. The average Bonchev–Trinajstić information content (AvgIpc) is 2.64. The van der Waals surface area contributed by atoms with Crippen LogP contribution >= 0.6 is 11.6 Å². The fourth-order valence-electron chi connectivity index (χ4n) is 1.28. The van der Waals surface area contributed by atoms with Crippen molar-refractivity contribution in [3.8, 4) is 0 Å². The molecule has 0 saturated heterocycles. The van der Waals surface area contributed by atoms with Gasteiger partial charge in [0.15, 0.2) is 0 Å². The minimum Gasteiger partial charge on any atom is -0.408 e. The van der Waals surface area contributed by atoms with Crippen LogP contribution in [-0.2, 0) is 6.42 Å². The molecule has 1 aromatic carbocycles. The third-order valence-corrected chi connectivity index (χ3v) is 2.16. The highest BCUT2D eigenvalue weighted by molar-refractivity contribution is 6.30. The van der Waals surface area contributed by atoms with Crippen LogP contribution in [0, 0.1) is 5.82 Å². The van der Waals surface area contributed by atoms with E-state index >= 15 is 0 Å². The number of rotatable bonds is 4. The van der Waals surface area contributed by atoms with Crippen LogP contribution in [0.1, 0.15) is 5.89 Å². The summed E-state index contributed by atoms with van der Waals surface area (Å²) in [6.07, 6.45) is 0.499. The van der Waals surface area contributed by atoms with E-state index in [0.717, 1.165) is 0 Å². The molecule has 17 heavy (non-hydrogen) atoms. The van der Waals surface area contributed by atoms with Crippen LogP contribution in [-0.4, -0.2) is 16.7 Å². The van der Waals surface area contributed by atoms with Crippen molar-refractivity contribution in [2.24, 2.45) is 5.73 Å². The van der Waals surface area contributed by atoms with Crippen molar-refractivity contribution in [3.63, 3.8) is 0 Å². The summed E-state index contributed by atoms with van der Waals surface area (Å²) in [7, 11) is 0. The molecule has 0 amide bonds. The van der Waals surface area contributed by atoms with Crippen molar-refractivity contribution in [2.45, 2.75) is 6.42 Å². The van der Waals surface area contributed by atoms with Crippen molar-refractivity contribution in [1.82, 2.24) is 10.2 Å². The van der Waals surface area contributed by atoms with Gasteiger partial charge in [-0.25, -0.2) is 4.39 Å². The minimum atomic E-state index is -0.443. The summed E-state index contributed by atoms with van der Waals surface area (Å²) in [6, 6.07) is 4.21. The first-order valence-corrected chi connectivity index (χ1v) is 5.31. The standard InChI is InChI=1S/C10H10ClFN4O/c11-6-3-7(12)5-8(4-6)14-10-16-15-9(17-10)1-2-13/h3-5H,1-2,13H2,(H,14,16). The molecular weight excluding hydrogens is 247 g/mol. The van der Waals surface area contributed by atoms with Crippen LogP contribution in [0.15, 0.2) is 22.6 Å². The maximum atomic E-state index is 13.0. The number of hydrogen-bond donors (Lipinski definition) is 2. The molecule has 1 aromatic heterocycles. The minimum absolute atomic E-state index is 0.176. The molecule has 7 heteroatoms. The third kappa shape index (κ3) is 3.15. The predicted molar refractivity (Wildman–Crippen MR) is 61.7 cm³/mol. The number of halogens is 2. The lowest BCUT2D eigenvalue weighted by molar-refractivity contribution is 0.509. The van der Waals surface area contributed by atoms with E-state index in [0.29, 0.717) is 24.5 Å². The molecule has 2 aromatic rings. The topological polar surface area (TPSA) is 77.0 Å². The number of nitrogens with one attached hydrogen (secondary N) is 1. The van der Waals surface area contributed by atoms with E-state index in [9.17, 15) is 4.39 Å². The molecule has 0 spiro atoms. The van der Waals surface area contributed by atoms with E-state index < -0.39 is 5.82 Å². The van der Waals surface area contributed by atoms with Crippen LogP contribution < -0.4 is 11.1 Å². The van der Waals surface area contributed by atoms with Crippen LogP contribution in [0.5, 0.6) is 0 Å². The fraction of sp³-hybridized carbons (Fsp3) is 0.200. The lowest BCUT2D eigenvalue weighted by Gasteiger charge is -2.01. The van der Waals surface area contributed by atoms with Gasteiger partial charge in [-0.05, 0) is 18.2 Å². The van der Waals surface area contributed by atoms with Crippen LogP contribution in [0.2, 0.25) is 5.02 Å². The summed E-state index contributed by atoms with van der Waals surface area (Å²) in [6.45, 7) is 0.424. The molecule has 3 N–H and O–H groups in total. The van der Waals surface area contributed by atoms with Crippen molar-refractivity contribution < 1.29 is 8.81 Å². The zero-order chi connectivity index (χ0) is 12.3. The smallest absolute Gasteiger partial charge is 0.320 e.